The number of amidine groups is 2. The molecule has 154 valence electrons. The number of anilines is 1. The number of nitrogens with two attached hydrogens (primary N) is 1. The summed E-state index contributed by atoms with van der Waals surface area (Å²) in [6.45, 7) is 1.88. The molecule has 0 bridgehead atoms. The molecule has 0 amide bonds. The average Bonchev–Trinajstić information content (AvgIpc) is 2.71. The molecule has 0 radical (unpaired) electrons. The van der Waals surface area contributed by atoms with Gasteiger partial charge in [0.2, 0.25) is 17.7 Å². The van der Waals surface area contributed by atoms with Gasteiger partial charge in [-0.25, -0.2) is 9.56 Å². The maximum atomic E-state index is 9.27. The Morgan fingerprint density at radius 3 is 2.93 bits per heavy atom. The highest BCUT2D eigenvalue weighted by Gasteiger charge is 2.32. The molecule has 29 heavy (non-hydrogen) atoms. The van der Waals surface area contributed by atoms with E-state index in [-0.39, 0.29) is 18.1 Å². The molecule has 2 aliphatic heterocycles. The third kappa shape index (κ3) is 4.48. The summed E-state index contributed by atoms with van der Waals surface area (Å²) < 4.78 is 12.9. The molecule has 9 nitrogen and oxygen atoms in total. The first-order chi connectivity index (χ1) is 14.1. The summed E-state index contributed by atoms with van der Waals surface area (Å²) in [6.07, 6.45) is 8.40. The van der Waals surface area contributed by atoms with Crippen LogP contribution in [0.25, 0.3) is 0 Å². The van der Waals surface area contributed by atoms with Crippen molar-refractivity contribution in [1.82, 2.24) is 9.97 Å². The summed E-state index contributed by atoms with van der Waals surface area (Å²) in [5.41, 5.74) is 6.48. The normalized spacial score (nSPS) is 25.1. The first kappa shape index (κ1) is 19.6. The lowest BCUT2D eigenvalue weighted by atomic mass is 9.84. The standard InChI is InChI=1S/C20H27N7O2/c21-9-14-10-24-20(26-19(14)29-16-11-28-12-16)25-15-5-3-4-13(8-15)18(23)27-7-2-1-6-17(27)22/h10,13,15-16,22-23H,1-8,11-12H2,(H,24,25,26)/p+1/t13-,15?/m0/s1. The summed E-state index contributed by atoms with van der Waals surface area (Å²) in [7, 11) is 0. The summed E-state index contributed by atoms with van der Waals surface area (Å²) >= 11 is 0. The van der Waals surface area contributed by atoms with Gasteiger partial charge in [-0.1, -0.05) is 6.42 Å². The van der Waals surface area contributed by atoms with Crippen LogP contribution >= 0.6 is 0 Å². The molecule has 2 atom stereocenters. The van der Waals surface area contributed by atoms with Gasteiger partial charge in [0.15, 0.2) is 5.84 Å². The lowest BCUT2D eigenvalue weighted by Crippen LogP contribution is -2.42. The summed E-state index contributed by atoms with van der Waals surface area (Å²) in [4.78, 5) is 8.70. The smallest absolute Gasteiger partial charge is 0.237 e. The quantitative estimate of drug-likeness (QED) is 0.390. The van der Waals surface area contributed by atoms with Gasteiger partial charge in [0.25, 0.3) is 0 Å². The largest absolute Gasteiger partial charge is 0.468 e. The first-order valence-corrected chi connectivity index (χ1v) is 10.4. The number of aromatic nitrogens is 2. The minimum absolute atomic E-state index is 0.0596. The van der Waals surface area contributed by atoms with E-state index >= 15 is 0 Å². The second-order valence-corrected chi connectivity index (χ2v) is 7.99. The fraction of sp³-hybridized carbons (Fsp3) is 0.650. The molecule has 2 fully saturated rings. The molecular formula is C20H28N7O2+. The first-order valence-electron chi connectivity index (χ1n) is 10.4. The highest BCUT2D eigenvalue weighted by molar-refractivity contribution is 5.85. The van der Waals surface area contributed by atoms with Gasteiger partial charge < -0.3 is 20.5 Å². The average molecular weight is 398 g/mol. The summed E-state index contributed by atoms with van der Waals surface area (Å²) in [6, 6.07) is 2.25. The fourth-order valence-corrected chi connectivity index (χ4v) is 4.14. The molecule has 0 spiro atoms. The molecule has 3 heterocycles. The van der Waals surface area contributed by atoms with E-state index in [2.05, 4.69) is 21.4 Å². The zero-order valence-electron chi connectivity index (χ0n) is 16.6. The van der Waals surface area contributed by atoms with Crippen LogP contribution < -0.4 is 15.8 Å². The number of hydrogen-bond acceptors (Lipinski definition) is 8. The van der Waals surface area contributed by atoms with Crippen molar-refractivity contribution in [2.45, 2.75) is 57.1 Å². The Balaban J connectivity index is 1.42. The van der Waals surface area contributed by atoms with Crippen LogP contribution in [0.1, 0.15) is 50.5 Å². The monoisotopic (exact) mass is 398 g/mol. The predicted octanol–water partition coefficient (Wildman–Crippen LogP) is 1.63. The number of nitrogens with one attached hydrogen (secondary N) is 2. The Labute approximate surface area is 170 Å². The van der Waals surface area contributed by atoms with Gasteiger partial charge in [-0.05, 0) is 32.1 Å². The molecule has 1 unspecified atom stereocenters. The number of rotatable bonds is 5. The predicted molar refractivity (Wildman–Crippen MR) is 107 cm³/mol. The number of nitriles is 1. The van der Waals surface area contributed by atoms with Gasteiger partial charge in [0.05, 0.1) is 26.0 Å². The third-order valence-corrected chi connectivity index (χ3v) is 5.86. The van der Waals surface area contributed by atoms with Crippen molar-refractivity contribution < 1.29 is 14.0 Å². The van der Waals surface area contributed by atoms with Crippen LogP contribution in [0.15, 0.2) is 6.20 Å². The van der Waals surface area contributed by atoms with Crippen molar-refractivity contribution in [3.63, 3.8) is 0 Å². The van der Waals surface area contributed by atoms with E-state index in [9.17, 15) is 5.26 Å². The van der Waals surface area contributed by atoms with Crippen molar-refractivity contribution >= 4 is 17.6 Å². The lowest BCUT2D eigenvalue weighted by molar-refractivity contribution is -0.423. The Bertz CT molecular complexity index is 844. The molecule has 9 heteroatoms. The topological polar surface area (TPSA) is 133 Å². The fourth-order valence-electron chi connectivity index (χ4n) is 4.14. The molecule has 1 aromatic rings. The Kier molecular flexibility index (Phi) is 5.90. The van der Waals surface area contributed by atoms with Crippen LogP contribution in [-0.4, -0.2) is 58.1 Å². The van der Waals surface area contributed by atoms with Crippen molar-refractivity contribution in [3.8, 4) is 11.9 Å². The van der Waals surface area contributed by atoms with E-state index in [1.807, 2.05) is 4.58 Å². The lowest BCUT2D eigenvalue weighted by Gasteiger charge is -2.30. The molecule has 1 aromatic heterocycles. The van der Waals surface area contributed by atoms with Gasteiger partial charge >= 0.3 is 0 Å². The van der Waals surface area contributed by atoms with Gasteiger partial charge in [-0.2, -0.15) is 15.7 Å². The van der Waals surface area contributed by atoms with Crippen molar-refractivity contribution in [2.24, 2.45) is 11.7 Å². The van der Waals surface area contributed by atoms with Crippen molar-refractivity contribution in [1.29, 1.82) is 10.7 Å². The molecule has 1 saturated heterocycles. The van der Waals surface area contributed by atoms with E-state index in [1.54, 1.807) is 0 Å². The van der Waals surface area contributed by atoms with Crippen LogP contribution in [0.5, 0.6) is 5.88 Å². The second-order valence-electron chi connectivity index (χ2n) is 7.99. The van der Waals surface area contributed by atoms with Crippen LogP contribution in [0.3, 0.4) is 0 Å². The van der Waals surface area contributed by atoms with E-state index in [1.165, 1.54) is 6.20 Å². The van der Waals surface area contributed by atoms with Crippen LogP contribution in [0.2, 0.25) is 0 Å². The van der Waals surface area contributed by atoms with E-state index in [0.717, 1.165) is 57.3 Å². The molecular weight excluding hydrogens is 370 g/mol. The molecule has 4 N–H and O–H groups in total. The summed E-state index contributed by atoms with van der Waals surface area (Å²) in [5.74, 6) is 2.41. The highest BCUT2D eigenvalue weighted by atomic mass is 16.6. The Morgan fingerprint density at radius 2 is 2.21 bits per heavy atom. The summed E-state index contributed by atoms with van der Waals surface area (Å²) in [5, 5.41) is 21.3. The van der Waals surface area contributed by atoms with E-state index < -0.39 is 0 Å². The number of nitrogens with zero attached hydrogens (tertiary/aromatic N) is 4. The zero-order valence-corrected chi connectivity index (χ0v) is 16.6. The van der Waals surface area contributed by atoms with Gasteiger partial charge in [-0.3, -0.25) is 0 Å². The van der Waals surface area contributed by atoms with E-state index in [0.29, 0.717) is 36.4 Å². The van der Waals surface area contributed by atoms with E-state index in [4.69, 9.17) is 20.6 Å². The molecule has 3 aliphatic rings. The number of hydrogen-bond donors (Lipinski definition) is 3. The van der Waals surface area contributed by atoms with Crippen LogP contribution in [0, 0.1) is 22.7 Å². The molecule has 4 rings (SSSR count). The highest BCUT2D eigenvalue weighted by Crippen LogP contribution is 2.28. The third-order valence-electron chi connectivity index (χ3n) is 5.86. The number of ether oxygens (including phenoxy) is 2. The minimum atomic E-state index is -0.0596. The Hall–Kier alpha value is -2.73. The van der Waals surface area contributed by atoms with Crippen LogP contribution in [0.4, 0.5) is 5.95 Å². The van der Waals surface area contributed by atoms with Crippen molar-refractivity contribution in [3.05, 3.63) is 11.8 Å². The maximum Gasteiger partial charge on any atom is 0.237 e. The Morgan fingerprint density at radius 1 is 1.34 bits per heavy atom. The second kappa shape index (κ2) is 8.74. The van der Waals surface area contributed by atoms with Crippen molar-refractivity contribution in [2.75, 3.05) is 25.1 Å². The molecule has 0 aromatic carbocycles. The SMILES string of the molecule is N#Cc1cnc(NC2CCC[C@H](C(=N)[N+]3=C(N)CCCC3)C2)nc1OC1COC1. The van der Waals surface area contributed by atoms with Gasteiger partial charge in [0, 0.05) is 18.4 Å². The zero-order chi connectivity index (χ0) is 20.2. The molecule has 1 saturated carbocycles. The van der Waals surface area contributed by atoms with Gasteiger partial charge in [-0.15, -0.1) is 0 Å². The minimum Gasteiger partial charge on any atom is -0.468 e. The molecule has 1 aliphatic carbocycles. The van der Waals surface area contributed by atoms with Crippen LogP contribution in [-0.2, 0) is 4.74 Å². The maximum absolute atomic E-state index is 9.27. The van der Waals surface area contributed by atoms with Gasteiger partial charge in [0.1, 0.15) is 17.7 Å².